The van der Waals surface area contributed by atoms with E-state index in [-0.39, 0.29) is 5.41 Å². The van der Waals surface area contributed by atoms with Crippen molar-refractivity contribution >= 4 is 5.91 Å². The van der Waals surface area contributed by atoms with Crippen molar-refractivity contribution in [3.63, 3.8) is 0 Å². The molecule has 2 rings (SSSR count). The standard InChI is InChI=1S/C13H24N2O/c1-2-7-13(8-9-14-10-13)12(16)15-11-5-3-4-6-11/h11,14H,2-10H2,1H3,(H,15,16). The lowest BCUT2D eigenvalue weighted by atomic mass is 9.81. The van der Waals surface area contributed by atoms with Crippen LogP contribution in [0.5, 0.6) is 0 Å². The van der Waals surface area contributed by atoms with Crippen molar-refractivity contribution in [2.24, 2.45) is 5.41 Å². The summed E-state index contributed by atoms with van der Waals surface area (Å²) < 4.78 is 0. The molecular formula is C13H24N2O. The summed E-state index contributed by atoms with van der Waals surface area (Å²) in [5.74, 6) is 0.311. The lowest BCUT2D eigenvalue weighted by Crippen LogP contribution is -2.46. The first kappa shape index (κ1) is 11.9. The number of hydrogen-bond donors (Lipinski definition) is 2. The molecule has 92 valence electrons. The summed E-state index contributed by atoms with van der Waals surface area (Å²) >= 11 is 0. The van der Waals surface area contributed by atoms with Crippen LogP contribution in [-0.2, 0) is 4.79 Å². The zero-order valence-corrected chi connectivity index (χ0v) is 10.3. The maximum atomic E-state index is 12.4. The highest BCUT2D eigenvalue weighted by Gasteiger charge is 2.40. The Morgan fingerprint density at radius 1 is 1.44 bits per heavy atom. The molecule has 3 heteroatoms. The zero-order valence-electron chi connectivity index (χ0n) is 10.3. The number of carbonyl (C=O) groups excluding carboxylic acids is 1. The van der Waals surface area contributed by atoms with E-state index in [1.54, 1.807) is 0 Å². The summed E-state index contributed by atoms with van der Waals surface area (Å²) in [6.45, 7) is 4.04. The summed E-state index contributed by atoms with van der Waals surface area (Å²) in [6.07, 6.45) is 8.06. The number of amides is 1. The van der Waals surface area contributed by atoms with E-state index in [2.05, 4.69) is 17.6 Å². The van der Waals surface area contributed by atoms with E-state index in [1.165, 1.54) is 25.7 Å². The van der Waals surface area contributed by atoms with Crippen molar-refractivity contribution in [3.05, 3.63) is 0 Å². The van der Waals surface area contributed by atoms with Gasteiger partial charge in [-0.05, 0) is 32.2 Å². The molecule has 1 atom stereocenters. The highest BCUT2D eigenvalue weighted by molar-refractivity contribution is 5.83. The molecule has 2 aliphatic rings. The highest BCUT2D eigenvalue weighted by Crippen LogP contribution is 2.32. The van der Waals surface area contributed by atoms with Gasteiger partial charge in [-0.15, -0.1) is 0 Å². The molecule has 3 nitrogen and oxygen atoms in total. The fraction of sp³-hybridized carbons (Fsp3) is 0.923. The largest absolute Gasteiger partial charge is 0.353 e. The van der Waals surface area contributed by atoms with Gasteiger partial charge in [0.1, 0.15) is 0 Å². The number of hydrogen-bond acceptors (Lipinski definition) is 2. The Labute approximate surface area is 98.4 Å². The van der Waals surface area contributed by atoms with Gasteiger partial charge in [0.15, 0.2) is 0 Å². The van der Waals surface area contributed by atoms with Crippen LogP contribution < -0.4 is 10.6 Å². The molecule has 1 saturated carbocycles. The minimum atomic E-state index is -0.0999. The molecule has 0 spiro atoms. The fourth-order valence-corrected chi connectivity index (χ4v) is 3.15. The van der Waals surface area contributed by atoms with Crippen molar-refractivity contribution in [2.75, 3.05) is 13.1 Å². The van der Waals surface area contributed by atoms with Gasteiger partial charge in [0.25, 0.3) is 0 Å². The second-order valence-corrected chi connectivity index (χ2v) is 5.41. The summed E-state index contributed by atoms with van der Waals surface area (Å²) in [6, 6.07) is 0.460. The number of nitrogens with one attached hydrogen (secondary N) is 2. The third-order valence-electron chi connectivity index (χ3n) is 4.14. The molecule has 2 fully saturated rings. The molecular weight excluding hydrogens is 200 g/mol. The van der Waals surface area contributed by atoms with E-state index < -0.39 is 0 Å². The van der Waals surface area contributed by atoms with E-state index in [0.717, 1.165) is 32.4 Å². The van der Waals surface area contributed by atoms with Gasteiger partial charge < -0.3 is 10.6 Å². The van der Waals surface area contributed by atoms with Gasteiger partial charge >= 0.3 is 0 Å². The van der Waals surface area contributed by atoms with Crippen molar-refractivity contribution in [1.29, 1.82) is 0 Å². The van der Waals surface area contributed by atoms with E-state index in [4.69, 9.17) is 0 Å². The minimum Gasteiger partial charge on any atom is -0.353 e. The van der Waals surface area contributed by atoms with Gasteiger partial charge in [0.05, 0.1) is 5.41 Å². The molecule has 1 aliphatic heterocycles. The molecule has 1 aliphatic carbocycles. The average molecular weight is 224 g/mol. The van der Waals surface area contributed by atoms with Gasteiger partial charge in [-0.2, -0.15) is 0 Å². The van der Waals surface area contributed by atoms with Crippen molar-refractivity contribution < 1.29 is 4.79 Å². The monoisotopic (exact) mass is 224 g/mol. The summed E-state index contributed by atoms with van der Waals surface area (Å²) in [5.41, 5.74) is -0.0999. The Kier molecular flexibility index (Phi) is 3.85. The van der Waals surface area contributed by atoms with Gasteiger partial charge in [-0.25, -0.2) is 0 Å². The smallest absolute Gasteiger partial charge is 0.227 e. The van der Waals surface area contributed by atoms with Crippen molar-refractivity contribution in [1.82, 2.24) is 10.6 Å². The molecule has 0 bridgehead atoms. The average Bonchev–Trinajstić information content (AvgIpc) is 2.89. The molecule has 1 heterocycles. The van der Waals surface area contributed by atoms with Crippen LogP contribution in [0.2, 0.25) is 0 Å². The maximum Gasteiger partial charge on any atom is 0.227 e. The lowest BCUT2D eigenvalue weighted by Gasteiger charge is -2.28. The minimum absolute atomic E-state index is 0.0999. The van der Waals surface area contributed by atoms with E-state index in [9.17, 15) is 4.79 Å². The molecule has 1 saturated heterocycles. The predicted molar refractivity (Wildman–Crippen MR) is 65.2 cm³/mol. The normalized spacial score (nSPS) is 30.8. The van der Waals surface area contributed by atoms with E-state index >= 15 is 0 Å². The van der Waals surface area contributed by atoms with E-state index in [1.807, 2.05) is 0 Å². The first-order valence-corrected chi connectivity index (χ1v) is 6.78. The van der Waals surface area contributed by atoms with Crippen LogP contribution in [0.1, 0.15) is 51.9 Å². The second kappa shape index (κ2) is 5.17. The zero-order chi connectivity index (χ0) is 11.4. The van der Waals surface area contributed by atoms with Crippen molar-refractivity contribution in [2.45, 2.75) is 57.9 Å². The topological polar surface area (TPSA) is 41.1 Å². The second-order valence-electron chi connectivity index (χ2n) is 5.41. The summed E-state index contributed by atoms with van der Waals surface area (Å²) in [7, 11) is 0. The number of rotatable bonds is 4. The third-order valence-corrected chi connectivity index (χ3v) is 4.14. The van der Waals surface area contributed by atoms with Crippen LogP contribution >= 0.6 is 0 Å². The van der Waals surface area contributed by atoms with Crippen LogP contribution in [0.3, 0.4) is 0 Å². The molecule has 0 radical (unpaired) electrons. The number of carbonyl (C=O) groups is 1. The van der Waals surface area contributed by atoms with Gasteiger partial charge in [0, 0.05) is 12.6 Å². The SMILES string of the molecule is CCCC1(C(=O)NC2CCCC2)CCNC1. The molecule has 0 aromatic heterocycles. The van der Waals surface area contributed by atoms with Crippen molar-refractivity contribution in [3.8, 4) is 0 Å². The first-order valence-electron chi connectivity index (χ1n) is 6.78. The molecule has 0 aromatic rings. The summed E-state index contributed by atoms with van der Waals surface area (Å²) in [4.78, 5) is 12.4. The van der Waals surface area contributed by atoms with Gasteiger partial charge in [-0.1, -0.05) is 26.2 Å². The maximum absolute atomic E-state index is 12.4. The lowest BCUT2D eigenvalue weighted by molar-refractivity contribution is -0.131. The van der Waals surface area contributed by atoms with Gasteiger partial charge in [0.2, 0.25) is 5.91 Å². The highest BCUT2D eigenvalue weighted by atomic mass is 16.2. The predicted octanol–water partition coefficient (Wildman–Crippen LogP) is 1.82. The quantitative estimate of drug-likeness (QED) is 0.765. The Bertz CT molecular complexity index is 240. The van der Waals surface area contributed by atoms with Crippen LogP contribution in [0.4, 0.5) is 0 Å². The third kappa shape index (κ3) is 2.40. The Morgan fingerprint density at radius 3 is 2.75 bits per heavy atom. The van der Waals surface area contributed by atoms with Gasteiger partial charge in [-0.3, -0.25) is 4.79 Å². The molecule has 0 aromatic carbocycles. The Morgan fingerprint density at radius 2 is 2.19 bits per heavy atom. The molecule has 1 unspecified atom stereocenters. The first-order chi connectivity index (χ1) is 7.77. The summed E-state index contributed by atoms with van der Waals surface area (Å²) in [5, 5.41) is 6.61. The Hall–Kier alpha value is -0.570. The molecule has 16 heavy (non-hydrogen) atoms. The van der Waals surface area contributed by atoms with E-state index in [0.29, 0.717) is 11.9 Å². The Balaban J connectivity index is 1.93. The fourth-order valence-electron chi connectivity index (χ4n) is 3.15. The van der Waals surface area contributed by atoms with Crippen LogP contribution in [0, 0.1) is 5.41 Å². The van der Waals surface area contributed by atoms with Crippen LogP contribution in [0.25, 0.3) is 0 Å². The van der Waals surface area contributed by atoms with Crippen LogP contribution in [0.15, 0.2) is 0 Å². The molecule has 1 amide bonds. The van der Waals surface area contributed by atoms with Crippen LogP contribution in [-0.4, -0.2) is 25.0 Å². The molecule has 2 N–H and O–H groups in total.